The number of aromatic nitrogens is 1. The van der Waals surface area contributed by atoms with Crippen LogP contribution in [0, 0.1) is 0 Å². The van der Waals surface area contributed by atoms with Gasteiger partial charge in [0.2, 0.25) is 0 Å². The van der Waals surface area contributed by atoms with Gasteiger partial charge in [-0.2, -0.15) is 5.11 Å². The van der Waals surface area contributed by atoms with Gasteiger partial charge in [-0.1, -0.05) is 28.4 Å². The lowest BCUT2D eigenvalue weighted by Gasteiger charge is -2.22. The van der Waals surface area contributed by atoms with Gasteiger partial charge in [0.15, 0.2) is 0 Å². The first-order valence-corrected chi connectivity index (χ1v) is 6.52. The van der Waals surface area contributed by atoms with Crippen LogP contribution in [-0.4, -0.2) is 11.5 Å². The molecule has 1 aromatic carbocycles. The zero-order valence-electron chi connectivity index (χ0n) is 9.87. The van der Waals surface area contributed by atoms with E-state index >= 15 is 0 Å². The second-order valence-electron chi connectivity index (χ2n) is 4.18. The minimum absolute atomic E-state index is 0.0533. The van der Waals surface area contributed by atoms with Gasteiger partial charge in [-0.3, -0.25) is 4.98 Å². The molecule has 1 aliphatic rings. The molecule has 0 amide bonds. The molecule has 1 aromatic heterocycles. The lowest BCUT2D eigenvalue weighted by Crippen LogP contribution is -2.20. The van der Waals surface area contributed by atoms with Crippen LogP contribution >= 0.6 is 23.2 Å². The molecule has 96 valence electrons. The number of hydrogen-bond acceptors (Lipinski definition) is 4. The highest BCUT2D eigenvalue weighted by Gasteiger charge is 2.25. The Balaban J connectivity index is 1.97. The van der Waals surface area contributed by atoms with Gasteiger partial charge in [-0.05, 0) is 35.9 Å². The first-order chi connectivity index (χ1) is 9.24. The zero-order valence-corrected chi connectivity index (χ0v) is 11.4. The van der Waals surface area contributed by atoms with E-state index in [2.05, 4.69) is 15.3 Å². The number of benzene rings is 1. The lowest BCUT2D eigenvalue weighted by molar-refractivity contribution is 0.731. The van der Waals surface area contributed by atoms with E-state index in [1.807, 2.05) is 29.3 Å². The van der Waals surface area contributed by atoms with Crippen LogP contribution in [0.15, 0.2) is 53.1 Å². The molecule has 0 fully saturated rings. The number of halogens is 2. The first-order valence-electron chi connectivity index (χ1n) is 5.77. The average Bonchev–Trinajstić information content (AvgIpc) is 2.88. The van der Waals surface area contributed by atoms with Gasteiger partial charge >= 0.3 is 0 Å². The molecule has 2 aromatic rings. The van der Waals surface area contributed by atoms with Crippen molar-refractivity contribution in [2.24, 2.45) is 10.3 Å². The highest BCUT2D eigenvalue weighted by atomic mass is 35.5. The van der Waals surface area contributed by atoms with Crippen LogP contribution in [0.25, 0.3) is 0 Å². The molecule has 0 aliphatic carbocycles. The van der Waals surface area contributed by atoms with E-state index in [9.17, 15) is 0 Å². The summed E-state index contributed by atoms with van der Waals surface area (Å²) in [6, 6.07) is 9.32. The van der Waals surface area contributed by atoms with Gasteiger partial charge in [0.05, 0.1) is 12.2 Å². The van der Waals surface area contributed by atoms with Crippen molar-refractivity contribution in [3.8, 4) is 0 Å². The van der Waals surface area contributed by atoms with E-state index < -0.39 is 0 Å². The average molecular weight is 293 g/mol. The van der Waals surface area contributed by atoms with E-state index in [1.165, 1.54) is 0 Å². The maximum absolute atomic E-state index is 6.03. The van der Waals surface area contributed by atoms with Crippen molar-refractivity contribution in [3.63, 3.8) is 0 Å². The summed E-state index contributed by atoms with van der Waals surface area (Å²) in [7, 11) is 0. The second kappa shape index (κ2) is 5.15. The van der Waals surface area contributed by atoms with Crippen LogP contribution in [0.3, 0.4) is 0 Å². The van der Waals surface area contributed by atoms with Crippen LogP contribution in [0.2, 0.25) is 10.0 Å². The summed E-state index contributed by atoms with van der Waals surface area (Å²) in [5.41, 5.74) is 1.94. The van der Waals surface area contributed by atoms with Gasteiger partial charge in [0.1, 0.15) is 6.04 Å². The standard InChI is InChI=1S/C13H10Cl2N4/c14-10-5-11(15)7-12(6-10)19-13(8-17-18-19)9-1-3-16-4-2-9/h1-7,13H,8H2. The molecule has 6 heteroatoms. The fourth-order valence-corrected chi connectivity index (χ4v) is 2.57. The molecular weight excluding hydrogens is 283 g/mol. The van der Waals surface area contributed by atoms with Crippen LogP contribution < -0.4 is 5.01 Å². The number of pyridine rings is 1. The van der Waals surface area contributed by atoms with Gasteiger partial charge < -0.3 is 0 Å². The molecule has 0 saturated carbocycles. The quantitative estimate of drug-likeness (QED) is 0.827. The van der Waals surface area contributed by atoms with Crippen molar-refractivity contribution >= 4 is 28.9 Å². The highest BCUT2D eigenvalue weighted by molar-refractivity contribution is 6.35. The minimum Gasteiger partial charge on any atom is -0.265 e. The highest BCUT2D eigenvalue weighted by Crippen LogP contribution is 2.34. The van der Waals surface area contributed by atoms with Crippen LogP contribution in [0.4, 0.5) is 5.69 Å². The molecule has 0 bridgehead atoms. The zero-order chi connectivity index (χ0) is 13.2. The summed E-state index contributed by atoms with van der Waals surface area (Å²) in [6.45, 7) is 0.605. The summed E-state index contributed by atoms with van der Waals surface area (Å²) in [6.07, 6.45) is 3.52. The van der Waals surface area contributed by atoms with E-state index in [0.717, 1.165) is 11.3 Å². The summed E-state index contributed by atoms with van der Waals surface area (Å²) >= 11 is 12.1. The third kappa shape index (κ3) is 2.55. The number of hydrogen-bond donors (Lipinski definition) is 0. The monoisotopic (exact) mass is 292 g/mol. The Morgan fingerprint density at radius 3 is 2.42 bits per heavy atom. The maximum atomic E-state index is 6.03. The van der Waals surface area contributed by atoms with Crippen molar-refractivity contribution in [2.45, 2.75) is 6.04 Å². The van der Waals surface area contributed by atoms with Crippen LogP contribution in [-0.2, 0) is 0 Å². The molecular formula is C13H10Cl2N4. The molecule has 0 saturated heterocycles. The fourth-order valence-electron chi connectivity index (χ4n) is 2.06. The molecule has 0 radical (unpaired) electrons. The van der Waals surface area contributed by atoms with Gasteiger partial charge in [-0.25, -0.2) is 5.01 Å². The largest absolute Gasteiger partial charge is 0.265 e. The molecule has 0 spiro atoms. The minimum atomic E-state index is 0.0533. The second-order valence-corrected chi connectivity index (χ2v) is 5.05. The number of anilines is 1. The summed E-state index contributed by atoms with van der Waals surface area (Å²) in [5.74, 6) is 0. The molecule has 2 heterocycles. The predicted molar refractivity (Wildman–Crippen MR) is 75.6 cm³/mol. The molecule has 3 rings (SSSR count). The van der Waals surface area contributed by atoms with Crippen LogP contribution in [0.5, 0.6) is 0 Å². The van der Waals surface area contributed by atoms with E-state index in [4.69, 9.17) is 23.2 Å². The predicted octanol–water partition coefficient (Wildman–Crippen LogP) is 4.32. The van der Waals surface area contributed by atoms with Crippen molar-refractivity contribution in [3.05, 3.63) is 58.3 Å². The topological polar surface area (TPSA) is 40.9 Å². The van der Waals surface area contributed by atoms with Crippen molar-refractivity contribution < 1.29 is 0 Å². The molecule has 1 atom stereocenters. The molecule has 1 unspecified atom stereocenters. The number of nitrogens with zero attached hydrogens (tertiary/aromatic N) is 4. The first kappa shape index (κ1) is 12.4. The third-order valence-corrected chi connectivity index (χ3v) is 3.35. The Labute approximate surface area is 120 Å². The molecule has 19 heavy (non-hydrogen) atoms. The number of rotatable bonds is 2. The normalized spacial score (nSPS) is 18.0. The fraction of sp³-hybridized carbons (Fsp3) is 0.154. The Morgan fingerprint density at radius 1 is 1.05 bits per heavy atom. The van der Waals surface area contributed by atoms with Gasteiger partial charge in [-0.15, -0.1) is 0 Å². The Morgan fingerprint density at radius 2 is 1.74 bits per heavy atom. The Hall–Kier alpha value is -1.65. The van der Waals surface area contributed by atoms with E-state index in [1.54, 1.807) is 18.5 Å². The third-order valence-electron chi connectivity index (χ3n) is 2.91. The molecule has 1 aliphatic heterocycles. The molecule has 4 nitrogen and oxygen atoms in total. The summed E-state index contributed by atoms with van der Waals surface area (Å²) < 4.78 is 0. The van der Waals surface area contributed by atoms with Gasteiger partial charge in [0.25, 0.3) is 0 Å². The van der Waals surface area contributed by atoms with E-state index in [0.29, 0.717) is 16.6 Å². The van der Waals surface area contributed by atoms with Crippen LogP contribution in [0.1, 0.15) is 11.6 Å². The summed E-state index contributed by atoms with van der Waals surface area (Å²) in [4.78, 5) is 4.02. The maximum Gasteiger partial charge on any atom is 0.101 e. The Bertz CT molecular complexity index is 595. The smallest absolute Gasteiger partial charge is 0.101 e. The lowest BCUT2D eigenvalue weighted by atomic mass is 10.1. The summed E-state index contributed by atoms with van der Waals surface area (Å²) in [5, 5.41) is 11.3. The Kier molecular flexibility index (Phi) is 3.36. The van der Waals surface area contributed by atoms with Gasteiger partial charge in [0, 0.05) is 22.4 Å². The van der Waals surface area contributed by atoms with Crippen molar-refractivity contribution in [2.75, 3.05) is 11.6 Å². The van der Waals surface area contributed by atoms with E-state index in [-0.39, 0.29) is 6.04 Å². The molecule has 0 N–H and O–H groups in total. The van der Waals surface area contributed by atoms with Crippen molar-refractivity contribution in [1.29, 1.82) is 0 Å². The SMILES string of the molecule is Clc1cc(Cl)cc(N2N=NCC2c2ccncc2)c1. The van der Waals surface area contributed by atoms with Crippen molar-refractivity contribution in [1.82, 2.24) is 4.98 Å².